The average Bonchev–Trinajstić information content (AvgIpc) is 3.00. The highest BCUT2D eigenvalue weighted by Gasteiger charge is 2.34. The van der Waals surface area contributed by atoms with Gasteiger partial charge in [0.1, 0.15) is 5.75 Å². The lowest BCUT2D eigenvalue weighted by molar-refractivity contribution is -0.136. The van der Waals surface area contributed by atoms with Crippen molar-refractivity contribution >= 4 is 31.7 Å². The van der Waals surface area contributed by atoms with Crippen molar-refractivity contribution in [1.29, 1.82) is 0 Å². The third-order valence-electron chi connectivity index (χ3n) is 5.05. The molecule has 28 heavy (non-hydrogen) atoms. The second-order valence-corrected chi connectivity index (χ2v) is 10.4. The Balaban J connectivity index is 1.75. The van der Waals surface area contributed by atoms with Gasteiger partial charge in [-0.3, -0.25) is 4.79 Å². The van der Waals surface area contributed by atoms with Gasteiger partial charge in [-0.1, -0.05) is 34.1 Å². The first-order valence-corrected chi connectivity index (χ1v) is 11.8. The fourth-order valence-corrected chi connectivity index (χ4v) is 5.48. The van der Waals surface area contributed by atoms with E-state index in [1.807, 2.05) is 56.3 Å². The number of hydrogen-bond acceptors (Lipinski definition) is 4. The van der Waals surface area contributed by atoms with Crippen LogP contribution < -0.4 is 4.74 Å². The molecular weight excluding hydrogens is 442 g/mol. The monoisotopic (exact) mass is 465 g/mol. The van der Waals surface area contributed by atoms with Crippen molar-refractivity contribution in [2.24, 2.45) is 0 Å². The molecule has 1 aliphatic heterocycles. The Morgan fingerprint density at radius 3 is 2.61 bits per heavy atom. The second-order valence-electron chi connectivity index (χ2n) is 7.24. The molecule has 0 radical (unpaired) electrons. The Bertz CT molecular complexity index is 974. The highest BCUT2D eigenvalue weighted by molar-refractivity contribution is 9.10. The average molecular weight is 466 g/mol. The highest BCUT2D eigenvalue weighted by atomic mass is 79.9. The van der Waals surface area contributed by atoms with E-state index in [0.29, 0.717) is 18.7 Å². The van der Waals surface area contributed by atoms with Gasteiger partial charge in [0.05, 0.1) is 11.5 Å². The van der Waals surface area contributed by atoms with E-state index in [4.69, 9.17) is 4.74 Å². The van der Waals surface area contributed by atoms with Gasteiger partial charge in [-0.2, -0.15) is 0 Å². The standard InChI is InChI=1S/C21H24BrNO4S/c1-15-6-7-20(10-16(15)2)27-13-21(24)23(19-8-9-28(25,26)14-19)12-17-4-3-5-18(22)11-17/h3-7,10-11,19H,8-9,12-14H2,1-2H3/t19-/m0/s1. The van der Waals surface area contributed by atoms with Crippen molar-refractivity contribution in [3.05, 3.63) is 63.6 Å². The number of aryl methyl sites for hydroxylation is 2. The first kappa shape index (κ1) is 20.9. The summed E-state index contributed by atoms with van der Waals surface area (Å²) in [6.45, 7) is 4.25. The normalized spacial score (nSPS) is 18.0. The van der Waals surface area contributed by atoms with Crippen LogP contribution in [0.1, 0.15) is 23.1 Å². The molecule has 7 heteroatoms. The molecular formula is C21H24BrNO4S. The quantitative estimate of drug-likeness (QED) is 0.652. The van der Waals surface area contributed by atoms with E-state index in [-0.39, 0.29) is 30.1 Å². The van der Waals surface area contributed by atoms with E-state index in [1.165, 1.54) is 0 Å². The third-order valence-corrected chi connectivity index (χ3v) is 7.30. The molecule has 5 nitrogen and oxygen atoms in total. The van der Waals surface area contributed by atoms with Gasteiger partial charge in [-0.15, -0.1) is 0 Å². The van der Waals surface area contributed by atoms with Crippen molar-refractivity contribution in [2.45, 2.75) is 32.9 Å². The fraction of sp³-hybridized carbons (Fsp3) is 0.381. The van der Waals surface area contributed by atoms with Crippen molar-refractivity contribution < 1.29 is 17.9 Å². The van der Waals surface area contributed by atoms with E-state index >= 15 is 0 Å². The summed E-state index contributed by atoms with van der Waals surface area (Å²) < 4.78 is 30.5. The van der Waals surface area contributed by atoms with Gasteiger partial charge in [0.2, 0.25) is 0 Å². The molecule has 1 fully saturated rings. The molecule has 2 aromatic carbocycles. The maximum atomic E-state index is 13.0. The molecule has 2 aromatic rings. The van der Waals surface area contributed by atoms with Crippen LogP contribution in [0, 0.1) is 13.8 Å². The number of sulfone groups is 1. The molecule has 0 aliphatic carbocycles. The van der Waals surface area contributed by atoms with Crippen LogP contribution in [0.4, 0.5) is 0 Å². The zero-order chi connectivity index (χ0) is 20.3. The van der Waals surface area contributed by atoms with Crippen molar-refractivity contribution in [1.82, 2.24) is 4.90 Å². The van der Waals surface area contributed by atoms with Crippen LogP contribution in [-0.2, 0) is 21.2 Å². The SMILES string of the molecule is Cc1ccc(OCC(=O)N(Cc2cccc(Br)c2)[C@H]2CCS(=O)(=O)C2)cc1C. The van der Waals surface area contributed by atoms with Crippen LogP contribution in [0.25, 0.3) is 0 Å². The maximum Gasteiger partial charge on any atom is 0.261 e. The third kappa shape index (κ3) is 5.35. The van der Waals surface area contributed by atoms with Crippen LogP contribution in [0.3, 0.4) is 0 Å². The minimum Gasteiger partial charge on any atom is -0.484 e. The number of ether oxygens (including phenoxy) is 1. The summed E-state index contributed by atoms with van der Waals surface area (Å²) in [6, 6.07) is 13.1. The summed E-state index contributed by atoms with van der Waals surface area (Å²) in [7, 11) is -3.10. The summed E-state index contributed by atoms with van der Waals surface area (Å²) in [5.41, 5.74) is 3.20. The molecule has 0 bridgehead atoms. The van der Waals surface area contributed by atoms with Gasteiger partial charge in [-0.25, -0.2) is 8.42 Å². The second kappa shape index (κ2) is 8.66. The van der Waals surface area contributed by atoms with Gasteiger partial charge in [-0.05, 0) is 61.2 Å². The predicted octanol–water partition coefficient (Wildman–Crippen LogP) is 3.66. The van der Waals surface area contributed by atoms with E-state index < -0.39 is 9.84 Å². The smallest absolute Gasteiger partial charge is 0.261 e. The molecule has 3 rings (SSSR count). The van der Waals surface area contributed by atoms with Gasteiger partial charge >= 0.3 is 0 Å². The molecule has 1 heterocycles. The minimum atomic E-state index is -3.10. The van der Waals surface area contributed by atoms with Gasteiger partial charge in [0, 0.05) is 17.1 Å². The number of benzene rings is 2. The summed E-state index contributed by atoms with van der Waals surface area (Å²) in [5.74, 6) is 0.562. The van der Waals surface area contributed by atoms with E-state index in [1.54, 1.807) is 4.90 Å². The van der Waals surface area contributed by atoms with E-state index in [9.17, 15) is 13.2 Å². The zero-order valence-corrected chi connectivity index (χ0v) is 18.4. The molecule has 1 amide bonds. The molecule has 0 unspecified atom stereocenters. The zero-order valence-electron chi connectivity index (χ0n) is 16.0. The van der Waals surface area contributed by atoms with E-state index in [2.05, 4.69) is 15.9 Å². The first-order valence-electron chi connectivity index (χ1n) is 9.18. The topological polar surface area (TPSA) is 63.7 Å². The Kier molecular flexibility index (Phi) is 6.45. The van der Waals surface area contributed by atoms with Crippen molar-refractivity contribution in [3.8, 4) is 5.75 Å². The Labute approximate surface area is 174 Å². The predicted molar refractivity (Wildman–Crippen MR) is 113 cm³/mol. The number of nitrogens with zero attached hydrogens (tertiary/aromatic N) is 1. The molecule has 1 saturated heterocycles. The van der Waals surface area contributed by atoms with Crippen LogP contribution >= 0.6 is 15.9 Å². The first-order chi connectivity index (χ1) is 13.2. The Hall–Kier alpha value is -1.86. The lowest BCUT2D eigenvalue weighted by atomic mass is 10.1. The largest absolute Gasteiger partial charge is 0.484 e. The molecule has 0 N–H and O–H groups in total. The number of rotatable bonds is 6. The summed E-state index contributed by atoms with van der Waals surface area (Å²) in [6.07, 6.45) is 0.464. The number of carbonyl (C=O) groups is 1. The molecule has 1 atom stereocenters. The number of halogens is 1. The number of amides is 1. The lowest BCUT2D eigenvalue weighted by Gasteiger charge is -2.28. The molecule has 0 aromatic heterocycles. The lowest BCUT2D eigenvalue weighted by Crippen LogP contribution is -2.43. The summed E-state index contributed by atoms with van der Waals surface area (Å²) >= 11 is 3.44. The highest BCUT2D eigenvalue weighted by Crippen LogP contribution is 2.22. The fourth-order valence-electron chi connectivity index (χ4n) is 3.31. The Morgan fingerprint density at radius 1 is 1.18 bits per heavy atom. The molecule has 0 saturated carbocycles. The minimum absolute atomic E-state index is 0.0103. The van der Waals surface area contributed by atoms with Crippen LogP contribution in [0.2, 0.25) is 0 Å². The van der Waals surface area contributed by atoms with Crippen LogP contribution in [-0.4, -0.2) is 43.4 Å². The van der Waals surface area contributed by atoms with Crippen molar-refractivity contribution in [3.63, 3.8) is 0 Å². The van der Waals surface area contributed by atoms with Gasteiger partial charge in [0.25, 0.3) is 5.91 Å². The molecule has 1 aliphatic rings. The van der Waals surface area contributed by atoms with Gasteiger partial charge in [0.15, 0.2) is 16.4 Å². The summed E-state index contributed by atoms with van der Waals surface area (Å²) in [4.78, 5) is 14.6. The van der Waals surface area contributed by atoms with Crippen LogP contribution in [0.5, 0.6) is 5.75 Å². The van der Waals surface area contributed by atoms with Gasteiger partial charge < -0.3 is 9.64 Å². The van der Waals surface area contributed by atoms with Crippen LogP contribution in [0.15, 0.2) is 46.9 Å². The maximum absolute atomic E-state index is 13.0. The number of carbonyl (C=O) groups excluding carboxylic acids is 1. The number of hydrogen-bond donors (Lipinski definition) is 0. The van der Waals surface area contributed by atoms with Crippen molar-refractivity contribution in [2.75, 3.05) is 18.1 Å². The molecule has 0 spiro atoms. The summed E-state index contributed by atoms with van der Waals surface area (Å²) in [5, 5.41) is 0. The Morgan fingerprint density at radius 2 is 1.96 bits per heavy atom. The van der Waals surface area contributed by atoms with E-state index in [0.717, 1.165) is 21.2 Å². The molecule has 150 valence electrons.